The molecule has 0 atom stereocenters. The van der Waals surface area contributed by atoms with Crippen molar-refractivity contribution in [2.24, 2.45) is 0 Å². The minimum Gasteiger partial charge on any atom is -0.494 e. The molecule has 1 aliphatic rings. The molecule has 3 rings (SSSR count). The second-order valence-corrected chi connectivity index (χ2v) is 5.30. The zero-order valence-corrected chi connectivity index (χ0v) is 12.1. The van der Waals surface area contributed by atoms with E-state index in [0.717, 1.165) is 18.6 Å². The van der Waals surface area contributed by atoms with Crippen LogP contribution in [0.25, 0.3) is 0 Å². The lowest BCUT2D eigenvalue weighted by Gasteiger charge is -2.12. The minimum absolute atomic E-state index is 0.0177. The van der Waals surface area contributed by atoms with Crippen molar-refractivity contribution < 1.29 is 9.53 Å². The Balaban J connectivity index is 1.62. The summed E-state index contributed by atoms with van der Waals surface area (Å²) in [6, 6.07) is 15.9. The van der Waals surface area contributed by atoms with Gasteiger partial charge in [-0.25, -0.2) is 0 Å². The molecule has 0 unspecified atom stereocenters. The topological polar surface area (TPSA) is 38.3 Å². The molecule has 0 aliphatic heterocycles. The molecule has 21 heavy (non-hydrogen) atoms. The molecule has 1 amide bonds. The third kappa shape index (κ3) is 3.07. The van der Waals surface area contributed by atoms with Crippen molar-refractivity contribution in [2.45, 2.75) is 25.8 Å². The van der Waals surface area contributed by atoms with Crippen molar-refractivity contribution in [1.82, 2.24) is 5.32 Å². The van der Waals surface area contributed by atoms with Gasteiger partial charge in [-0.1, -0.05) is 24.3 Å². The van der Waals surface area contributed by atoms with Crippen LogP contribution in [0.4, 0.5) is 0 Å². The first-order valence-corrected chi connectivity index (χ1v) is 7.37. The predicted molar refractivity (Wildman–Crippen MR) is 82.7 cm³/mol. The zero-order valence-electron chi connectivity index (χ0n) is 12.1. The molecular formula is C18H19NO2. The highest BCUT2D eigenvalue weighted by molar-refractivity contribution is 5.94. The molecule has 0 fully saturated rings. The molecular weight excluding hydrogens is 262 g/mol. The molecule has 0 saturated heterocycles. The first kappa shape index (κ1) is 13.7. The van der Waals surface area contributed by atoms with Crippen molar-refractivity contribution >= 4 is 5.91 Å². The average molecular weight is 281 g/mol. The maximum Gasteiger partial charge on any atom is 0.251 e. The highest BCUT2D eigenvalue weighted by Crippen LogP contribution is 2.22. The molecule has 108 valence electrons. The zero-order chi connectivity index (χ0) is 14.7. The monoisotopic (exact) mass is 281 g/mol. The number of benzene rings is 2. The molecule has 3 nitrogen and oxygen atoms in total. The summed E-state index contributed by atoms with van der Waals surface area (Å²) in [6.07, 6.45) is 1.83. The third-order valence-corrected chi connectivity index (χ3v) is 3.81. The molecule has 0 aromatic heterocycles. The lowest BCUT2D eigenvalue weighted by molar-refractivity contribution is 0.0938. The standard InChI is InChI=1S/C18H19NO2/c1-2-21-17-9-7-13(8-10-17)18(20)19-16-11-14-5-3-4-6-15(14)12-16/h3-10,16H,2,11-12H2,1H3,(H,19,20). The Hall–Kier alpha value is -2.29. The number of rotatable bonds is 4. The van der Waals surface area contributed by atoms with Gasteiger partial charge in [-0.05, 0) is 55.2 Å². The highest BCUT2D eigenvalue weighted by atomic mass is 16.5. The van der Waals surface area contributed by atoms with E-state index in [1.807, 2.05) is 31.2 Å². The molecule has 0 radical (unpaired) electrons. The normalized spacial score (nSPS) is 13.8. The van der Waals surface area contributed by atoms with Crippen molar-refractivity contribution in [3.05, 3.63) is 65.2 Å². The van der Waals surface area contributed by atoms with Gasteiger partial charge in [0, 0.05) is 11.6 Å². The number of carbonyl (C=O) groups is 1. The van der Waals surface area contributed by atoms with Crippen molar-refractivity contribution in [3.8, 4) is 5.75 Å². The summed E-state index contributed by atoms with van der Waals surface area (Å²) in [5, 5.41) is 3.11. The van der Waals surface area contributed by atoms with Crippen molar-refractivity contribution in [3.63, 3.8) is 0 Å². The first-order valence-electron chi connectivity index (χ1n) is 7.37. The maximum absolute atomic E-state index is 12.3. The van der Waals surface area contributed by atoms with Crippen LogP contribution in [0, 0.1) is 0 Å². The van der Waals surface area contributed by atoms with Gasteiger partial charge >= 0.3 is 0 Å². The van der Waals surface area contributed by atoms with Gasteiger partial charge in [0.2, 0.25) is 0 Å². The van der Waals surface area contributed by atoms with Crippen LogP contribution >= 0.6 is 0 Å². The average Bonchev–Trinajstić information content (AvgIpc) is 2.90. The second kappa shape index (κ2) is 6.00. The van der Waals surface area contributed by atoms with Crippen LogP contribution in [0.15, 0.2) is 48.5 Å². The maximum atomic E-state index is 12.3. The Morgan fingerprint density at radius 3 is 2.29 bits per heavy atom. The molecule has 0 bridgehead atoms. The van der Waals surface area contributed by atoms with Crippen LogP contribution in [0.1, 0.15) is 28.4 Å². The van der Waals surface area contributed by atoms with Crippen molar-refractivity contribution in [2.75, 3.05) is 6.61 Å². The summed E-state index contributed by atoms with van der Waals surface area (Å²) in [7, 11) is 0. The Bertz CT molecular complexity index is 609. The van der Waals surface area contributed by atoms with E-state index in [9.17, 15) is 4.79 Å². The van der Waals surface area contributed by atoms with E-state index in [2.05, 4.69) is 29.6 Å². The molecule has 2 aromatic rings. The van der Waals surface area contributed by atoms with Gasteiger partial charge in [-0.15, -0.1) is 0 Å². The number of fused-ring (bicyclic) bond motifs is 1. The number of hydrogen-bond acceptors (Lipinski definition) is 2. The van der Waals surface area contributed by atoms with Gasteiger partial charge in [-0.2, -0.15) is 0 Å². The molecule has 0 spiro atoms. The molecule has 0 saturated carbocycles. The first-order chi connectivity index (χ1) is 10.3. The lowest BCUT2D eigenvalue weighted by atomic mass is 10.1. The van der Waals surface area contributed by atoms with E-state index in [4.69, 9.17) is 4.74 Å². The fourth-order valence-corrected chi connectivity index (χ4v) is 2.80. The summed E-state index contributed by atoms with van der Waals surface area (Å²) in [4.78, 5) is 12.3. The summed E-state index contributed by atoms with van der Waals surface area (Å²) in [6.45, 7) is 2.57. The number of ether oxygens (including phenoxy) is 1. The van der Waals surface area contributed by atoms with E-state index in [-0.39, 0.29) is 11.9 Å². The Kier molecular flexibility index (Phi) is 3.91. The van der Waals surface area contributed by atoms with Crippen molar-refractivity contribution in [1.29, 1.82) is 0 Å². The van der Waals surface area contributed by atoms with Crippen LogP contribution in [-0.4, -0.2) is 18.6 Å². The van der Waals surface area contributed by atoms with E-state index < -0.39 is 0 Å². The predicted octanol–water partition coefficient (Wildman–Crippen LogP) is 2.98. The van der Waals surface area contributed by atoms with Gasteiger partial charge in [-0.3, -0.25) is 4.79 Å². The Labute approximate surface area is 124 Å². The van der Waals surface area contributed by atoms with Gasteiger partial charge in [0.15, 0.2) is 0 Å². The van der Waals surface area contributed by atoms with Crippen LogP contribution in [0.5, 0.6) is 5.75 Å². The fraction of sp³-hybridized carbons (Fsp3) is 0.278. The largest absolute Gasteiger partial charge is 0.494 e. The van der Waals surface area contributed by atoms with Crippen LogP contribution in [0.2, 0.25) is 0 Å². The molecule has 1 N–H and O–H groups in total. The number of nitrogens with one attached hydrogen (secondary N) is 1. The quantitative estimate of drug-likeness (QED) is 0.935. The van der Waals surface area contributed by atoms with E-state index in [0.29, 0.717) is 12.2 Å². The summed E-state index contributed by atoms with van der Waals surface area (Å²) >= 11 is 0. The fourth-order valence-electron chi connectivity index (χ4n) is 2.80. The summed E-state index contributed by atoms with van der Waals surface area (Å²) in [5.41, 5.74) is 3.36. The Morgan fingerprint density at radius 1 is 1.10 bits per heavy atom. The molecule has 2 aromatic carbocycles. The molecule has 3 heteroatoms. The van der Waals surface area contributed by atoms with Gasteiger partial charge in [0.05, 0.1) is 6.61 Å². The minimum atomic E-state index is -0.0177. The lowest BCUT2D eigenvalue weighted by Crippen LogP contribution is -2.35. The van der Waals surface area contributed by atoms with Crippen LogP contribution in [0.3, 0.4) is 0 Å². The summed E-state index contributed by atoms with van der Waals surface area (Å²) in [5.74, 6) is 0.776. The third-order valence-electron chi connectivity index (χ3n) is 3.81. The van der Waals surface area contributed by atoms with Gasteiger partial charge in [0.1, 0.15) is 5.75 Å². The number of carbonyl (C=O) groups excluding carboxylic acids is 1. The van der Waals surface area contributed by atoms with E-state index in [1.165, 1.54) is 11.1 Å². The Morgan fingerprint density at radius 2 is 1.71 bits per heavy atom. The molecule has 1 aliphatic carbocycles. The van der Waals surface area contributed by atoms with E-state index >= 15 is 0 Å². The number of amides is 1. The van der Waals surface area contributed by atoms with Crippen LogP contribution < -0.4 is 10.1 Å². The number of hydrogen-bond donors (Lipinski definition) is 1. The smallest absolute Gasteiger partial charge is 0.251 e. The van der Waals surface area contributed by atoms with Crippen LogP contribution in [-0.2, 0) is 12.8 Å². The van der Waals surface area contributed by atoms with E-state index in [1.54, 1.807) is 0 Å². The SMILES string of the molecule is CCOc1ccc(C(=O)NC2Cc3ccccc3C2)cc1. The van der Waals surface area contributed by atoms with Gasteiger partial charge in [0.25, 0.3) is 5.91 Å². The van der Waals surface area contributed by atoms with Gasteiger partial charge < -0.3 is 10.1 Å². The molecule has 0 heterocycles. The summed E-state index contributed by atoms with van der Waals surface area (Å²) < 4.78 is 5.38. The highest BCUT2D eigenvalue weighted by Gasteiger charge is 2.22. The second-order valence-electron chi connectivity index (χ2n) is 5.30.